The Labute approximate surface area is 216 Å². The number of fused-ring (bicyclic) bond motifs is 1. The molecule has 0 amide bonds. The highest BCUT2D eigenvalue weighted by Crippen LogP contribution is 2.37. The zero-order chi connectivity index (χ0) is 26.1. The summed E-state index contributed by atoms with van der Waals surface area (Å²) in [7, 11) is 0. The number of nitrogens with zero attached hydrogens (tertiary/aromatic N) is 4. The van der Waals surface area contributed by atoms with Gasteiger partial charge in [0.1, 0.15) is 18.1 Å². The lowest BCUT2D eigenvalue weighted by Gasteiger charge is -2.13. The number of carbonyl (C=O) groups is 1. The molecule has 2 aromatic rings. The number of esters is 1. The monoisotopic (exact) mass is 508 g/mol. The van der Waals surface area contributed by atoms with E-state index >= 15 is 0 Å². The number of azide groups is 1. The molecule has 0 bridgehead atoms. The molecule has 1 aliphatic rings. The fraction of sp³-hybridized carbons (Fsp3) is 0.481. The van der Waals surface area contributed by atoms with Crippen LogP contribution < -0.4 is 9.47 Å². The Kier molecular flexibility index (Phi) is 12.1. The maximum Gasteiger partial charge on any atom is 0.306 e. The Morgan fingerprint density at radius 3 is 2.41 bits per heavy atom. The van der Waals surface area contributed by atoms with Crippen LogP contribution in [0.5, 0.6) is 11.5 Å². The molecule has 0 aromatic heterocycles. The first-order chi connectivity index (χ1) is 18.2. The van der Waals surface area contributed by atoms with Gasteiger partial charge in [-0.3, -0.25) is 4.79 Å². The first-order valence-corrected chi connectivity index (χ1v) is 12.4. The van der Waals surface area contributed by atoms with Crippen LogP contribution in [0.4, 0.5) is 5.69 Å². The largest absolute Gasteiger partial charge is 0.494 e. The Balaban J connectivity index is 1.27. The van der Waals surface area contributed by atoms with Gasteiger partial charge in [0.15, 0.2) is 5.69 Å². The van der Waals surface area contributed by atoms with Crippen molar-refractivity contribution in [1.29, 1.82) is 0 Å². The molecule has 0 saturated heterocycles. The van der Waals surface area contributed by atoms with Crippen molar-refractivity contribution in [3.05, 3.63) is 75.5 Å². The fourth-order valence-electron chi connectivity index (χ4n) is 3.99. The number of hydrogen-bond acceptors (Lipinski definition) is 7. The van der Waals surface area contributed by atoms with Crippen LogP contribution in [0.15, 0.2) is 47.6 Å². The average molecular weight is 509 g/mol. The Hall–Kier alpha value is -3.77. The summed E-state index contributed by atoms with van der Waals surface area (Å²) in [5, 5.41) is 3.37. The maximum atomic E-state index is 12.3. The highest BCUT2D eigenvalue weighted by molar-refractivity contribution is 5.71. The predicted molar refractivity (Wildman–Crippen MR) is 137 cm³/mol. The minimum Gasteiger partial charge on any atom is -0.494 e. The van der Waals surface area contributed by atoms with Crippen LogP contribution in [0.2, 0.25) is 0 Å². The molecule has 0 aliphatic heterocycles. The molecule has 0 N–H and O–H groups in total. The van der Waals surface area contributed by atoms with Crippen molar-refractivity contribution in [3.8, 4) is 11.5 Å². The Bertz CT molecular complexity index is 1080. The molecule has 0 heterocycles. The molecule has 0 radical (unpaired) electrons. The standard InChI is InChI=1S/C27H32N4O6/c1-29-23-5-7-24(8-6-23)35-12-2-13-36-25-9-10-26-21(19-25)3-4-22(26)20-27(32)37-18-17-34-16-15-33-14-11-30-31-28/h5-10,19,22H,2-4,11-18,20H2/t22-/m0/s1. The van der Waals surface area contributed by atoms with Crippen LogP contribution >= 0.6 is 0 Å². The number of ether oxygens (including phenoxy) is 5. The lowest BCUT2D eigenvalue weighted by Crippen LogP contribution is -2.14. The molecule has 0 unspecified atom stereocenters. The summed E-state index contributed by atoms with van der Waals surface area (Å²) in [5.74, 6) is 1.50. The zero-order valence-electron chi connectivity index (χ0n) is 20.8. The second-order valence-electron chi connectivity index (χ2n) is 8.36. The van der Waals surface area contributed by atoms with Crippen LogP contribution in [0, 0.1) is 6.57 Å². The minimum atomic E-state index is -0.226. The number of carbonyl (C=O) groups excluding carboxylic acids is 1. The van der Waals surface area contributed by atoms with E-state index in [2.05, 4.69) is 27.0 Å². The first kappa shape index (κ1) is 27.8. The van der Waals surface area contributed by atoms with E-state index in [4.69, 9.17) is 35.8 Å². The lowest BCUT2D eigenvalue weighted by molar-refractivity contribution is -0.145. The van der Waals surface area contributed by atoms with Crippen molar-refractivity contribution in [2.75, 3.05) is 52.8 Å². The molecule has 2 aromatic carbocycles. The van der Waals surface area contributed by atoms with Crippen LogP contribution in [0.25, 0.3) is 15.3 Å². The normalized spacial score (nSPS) is 13.8. The number of aryl methyl sites for hydroxylation is 1. The quantitative estimate of drug-likeness (QED) is 0.0706. The summed E-state index contributed by atoms with van der Waals surface area (Å²) in [5.41, 5.74) is 11.2. The van der Waals surface area contributed by atoms with E-state index in [0.29, 0.717) is 58.3 Å². The summed E-state index contributed by atoms with van der Waals surface area (Å²) in [4.78, 5) is 18.3. The molecule has 0 spiro atoms. The van der Waals surface area contributed by atoms with Gasteiger partial charge in [-0.05, 0) is 59.7 Å². The maximum absolute atomic E-state index is 12.3. The first-order valence-electron chi connectivity index (χ1n) is 12.4. The van der Waals surface area contributed by atoms with Gasteiger partial charge in [-0.2, -0.15) is 0 Å². The molecule has 10 heteroatoms. The summed E-state index contributed by atoms with van der Waals surface area (Å²) in [6.07, 6.45) is 2.92. The van der Waals surface area contributed by atoms with E-state index in [1.165, 1.54) is 11.1 Å². The molecule has 1 aliphatic carbocycles. The SMILES string of the molecule is [C-]#[N+]c1ccc(OCCCOc2ccc3c(c2)CC[C@H]3CC(=O)OCCOCCOCCN=[N+]=[N-])cc1. The van der Waals surface area contributed by atoms with Crippen molar-refractivity contribution in [1.82, 2.24) is 0 Å². The summed E-state index contributed by atoms with van der Waals surface area (Å²) in [6.45, 7) is 10.0. The van der Waals surface area contributed by atoms with Crippen LogP contribution in [0.1, 0.15) is 36.3 Å². The van der Waals surface area contributed by atoms with Gasteiger partial charge in [-0.25, -0.2) is 4.85 Å². The van der Waals surface area contributed by atoms with Gasteiger partial charge in [-0.15, -0.1) is 0 Å². The predicted octanol–water partition coefficient (Wildman–Crippen LogP) is 5.39. The Morgan fingerprint density at radius 1 is 0.946 bits per heavy atom. The van der Waals surface area contributed by atoms with Crippen molar-refractivity contribution >= 4 is 11.7 Å². The van der Waals surface area contributed by atoms with Crippen molar-refractivity contribution < 1.29 is 28.5 Å². The van der Waals surface area contributed by atoms with E-state index in [-0.39, 0.29) is 18.5 Å². The van der Waals surface area contributed by atoms with E-state index in [1.807, 2.05) is 6.07 Å². The smallest absolute Gasteiger partial charge is 0.306 e. The lowest BCUT2D eigenvalue weighted by atomic mass is 9.98. The van der Waals surface area contributed by atoms with Gasteiger partial charge < -0.3 is 23.7 Å². The Morgan fingerprint density at radius 2 is 1.65 bits per heavy atom. The molecule has 10 nitrogen and oxygen atoms in total. The van der Waals surface area contributed by atoms with Crippen LogP contribution in [0.3, 0.4) is 0 Å². The van der Waals surface area contributed by atoms with Gasteiger partial charge in [0.25, 0.3) is 0 Å². The second kappa shape index (κ2) is 16.1. The number of rotatable bonds is 17. The van der Waals surface area contributed by atoms with E-state index in [1.54, 1.807) is 24.3 Å². The van der Waals surface area contributed by atoms with Gasteiger partial charge in [0.05, 0.1) is 52.6 Å². The molecular formula is C27H32N4O6. The van der Waals surface area contributed by atoms with Gasteiger partial charge in [0, 0.05) is 17.9 Å². The van der Waals surface area contributed by atoms with Crippen molar-refractivity contribution in [2.24, 2.45) is 5.11 Å². The highest BCUT2D eigenvalue weighted by Gasteiger charge is 2.25. The molecule has 1 atom stereocenters. The zero-order valence-corrected chi connectivity index (χ0v) is 20.8. The van der Waals surface area contributed by atoms with Gasteiger partial charge in [0.2, 0.25) is 0 Å². The van der Waals surface area contributed by atoms with Gasteiger partial charge in [-0.1, -0.05) is 23.3 Å². The van der Waals surface area contributed by atoms with Gasteiger partial charge >= 0.3 is 5.97 Å². The van der Waals surface area contributed by atoms with E-state index < -0.39 is 0 Å². The molecule has 37 heavy (non-hydrogen) atoms. The number of benzene rings is 2. The summed E-state index contributed by atoms with van der Waals surface area (Å²) < 4.78 is 27.5. The third-order valence-corrected chi connectivity index (χ3v) is 5.78. The fourth-order valence-corrected chi connectivity index (χ4v) is 3.99. The third kappa shape index (κ3) is 10.0. The van der Waals surface area contributed by atoms with E-state index in [9.17, 15) is 4.79 Å². The molecule has 0 saturated carbocycles. The average Bonchev–Trinajstić information content (AvgIpc) is 3.31. The summed E-state index contributed by atoms with van der Waals surface area (Å²) >= 11 is 0. The topological polar surface area (TPSA) is 116 Å². The van der Waals surface area contributed by atoms with Crippen molar-refractivity contribution in [3.63, 3.8) is 0 Å². The molecular weight excluding hydrogens is 476 g/mol. The van der Waals surface area contributed by atoms with Crippen LogP contribution in [-0.2, 0) is 25.4 Å². The molecule has 0 fully saturated rings. The summed E-state index contributed by atoms with van der Waals surface area (Å²) in [6, 6.07) is 13.1. The van der Waals surface area contributed by atoms with Crippen LogP contribution in [-0.4, -0.2) is 58.8 Å². The molecule has 196 valence electrons. The molecule has 3 rings (SSSR count). The third-order valence-electron chi connectivity index (χ3n) is 5.78. The van der Waals surface area contributed by atoms with Crippen molar-refractivity contribution in [2.45, 2.75) is 31.6 Å². The second-order valence-corrected chi connectivity index (χ2v) is 8.36. The van der Waals surface area contributed by atoms with E-state index in [0.717, 1.165) is 30.8 Å². The number of hydrogen-bond donors (Lipinski definition) is 0. The minimum absolute atomic E-state index is 0.157. The highest BCUT2D eigenvalue weighted by atomic mass is 16.6.